The fraction of sp³-hybridized carbons (Fsp3) is 0.364. The summed E-state index contributed by atoms with van der Waals surface area (Å²) in [5, 5.41) is 12.2. The Labute approximate surface area is 98.3 Å². The number of carbonyl (C=O) groups is 2. The normalized spacial score (nSPS) is 16.2. The van der Waals surface area contributed by atoms with Gasteiger partial charge in [0.25, 0.3) is 5.91 Å². The Bertz CT molecular complexity index is 447. The zero-order valence-electron chi connectivity index (χ0n) is 9.22. The van der Waals surface area contributed by atoms with Crippen LogP contribution in [0.15, 0.2) is 18.5 Å². The van der Waals surface area contributed by atoms with Crippen molar-refractivity contribution in [3.63, 3.8) is 0 Å². The van der Waals surface area contributed by atoms with E-state index in [2.05, 4.69) is 10.3 Å². The SMILES string of the molecule is O=C1CN(C(=O)c2ccncc2O)CCCN1. The monoisotopic (exact) mass is 235 g/mol. The van der Waals surface area contributed by atoms with Crippen molar-refractivity contribution in [2.45, 2.75) is 6.42 Å². The van der Waals surface area contributed by atoms with E-state index in [-0.39, 0.29) is 29.7 Å². The predicted octanol–water partition coefficient (Wildman–Crippen LogP) is -0.251. The molecule has 1 aliphatic heterocycles. The first-order valence-electron chi connectivity index (χ1n) is 5.37. The maximum absolute atomic E-state index is 12.1. The van der Waals surface area contributed by atoms with Crippen molar-refractivity contribution < 1.29 is 14.7 Å². The quantitative estimate of drug-likeness (QED) is 0.703. The van der Waals surface area contributed by atoms with Crippen LogP contribution in [0.1, 0.15) is 16.8 Å². The largest absolute Gasteiger partial charge is 0.505 e. The van der Waals surface area contributed by atoms with E-state index in [0.717, 1.165) is 0 Å². The first-order chi connectivity index (χ1) is 8.18. The van der Waals surface area contributed by atoms with Crippen LogP contribution in [-0.4, -0.2) is 46.4 Å². The van der Waals surface area contributed by atoms with Gasteiger partial charge in [-0.3, -0.25) is 14.6 Å². The Morgan fingerprint density at radius 1 is 1.53 bits per heavy atom. The Kier molecular flexibility index (Phi) is 3.22. The molecule has 1 aliphatic rings. The van der Waals surface area contributed by atoms with Gasteiger partial charge in [0.05, 0.1) is 18.3 Å². The van der Waals surface area contributed by atoms with E-state index in [1.54, 1.807) is 0 Å². The van der Waals surface area contributed by atoms with E-state index < -0.39 is 0 Å². The standard InChI is InChI=1S/C11H13N3O3/c15-9-6-12-4-2-8(9)11(17)14-5-1-3-13-10(16)7-14/h2,4,6,15H,1,3,5,7H2,(H,13,16). The number of aromatic hydroxyl groups is 1. The molecule has 0 saturated carbocycles. The molecule has 0 aliphatic carbocycles. The van der Waals surface area contributed by atoms with Gasteiger partial charge in [0, 0.05) is 19.3 Å². The van der Waals surface area contributed by atoms with Gasteiger partial charge in [0.2, 0.25) is 5.91 Å². The summed E-state index contributed by atoms with van der Waals surface area (Å²) >= 11 is 0. The summed E-state index contributed by atoms with van der Waals surface area (Å²) in [6.45, 7) is 1.10. The Morgan fingerprint density at radius 3 is 3.12 bits per heavy atom. The molecule has 0 spiro atoms. The van der Waals surface area contributed by atoms with Crippen molar-refractivity contribution in [1.29, 1.82) is 0 Å². The smallest absolute Gasteiger partial charge is 0.258 e. The van der Waals surface area contributed by atoms with Crippen LogP contribution in [0.2, 0.25) is 0 Å². The molecule has 2 N–H and O–H groups in total. The molecule has 2 heterocycles. The third-order valence-electron chi connectivity index (χ3n) is 2.58. The number of aromatic nitrogens is 1. The van der Waals surface area contributed by atoms with Gasteiger partial charge in [-0.15, -0.1) is 0 Å². The van der Waals surface area contributed by atoms with Gasteiger partial charge in [0.15, 0.2) is 0 Å². The van der Waals surface area contributed by atoms with E-state index >= 15 is 0 Å². The first kappa shape index (κ1) is 11.4. The van der Waals surface area contributed by atoms with Crippen molar-refractivity contribution in [2.24, 2.45) is 0 Å². The first-order valence-corrected chi connectivity index (χ1v) is 5.37. The number of hydrogen-bond donors (Lipinski definition) is 2. The van der Waals surface area contributed by atoms with Gasteiger partial charge in [-0.25, -0.2) is 0 Å². The number of hydrogen-bond acceptors (Lipinski definition) is 4. The van der Waals surface area contributed by atoms with Crippen molar-refractivity contribution in [3.8, 4) is 5.75 Å². The number of nitrogens with one attached hydrogen (secondary N) is 1. The van der Waals surface area contributed by atoms with Crippen LogP contribution < -0.4 is 5.32 Å². The topological polar surface area (TPSA) is 82.5 Å². The minimum Gasteiger partial charge on any atom is -0.505 e. The van der Waals surface area contributed by atoms with Crippen molar-refractivity contribution in [1.82, 2.24) is 15.2 Å². The van der Waals surface area contributed by atoms with Gasteiger partial charge in [-0.05, 0) is 12.5 Å². The summed E-state index contributed by atoms with van der Waals surface area (Å²) in [6.07, 6.45) is 3.36. The molecular weight excluding hydrogens is 222 g/mol. The number of nitrogens with zero attached hydrogens (tertiary/aromatic N) is 2. The van der Waals surface area contributed by atoms with E-state index in [0.29, 0.717) is 19.5 Å². The fourth-order valence-electron chi connectivity index (χ4n) is 1.72. The lowest BCUT2D eigenvalue weighted by Crippen LogP contribution is -2.37. The molecule has 2 rings (SSSR count). The minimum absolute atomic E-state index is 0.0284. The summed E-state index contributed by atoms with van der Waals surface area (Å²) in [5.74, 6) is -0.687. The summed E-state index contributed by atoms with van der Waals surface area (Å²) in [6, 6.07) is 1.44. The van der Waals surface area contributed by atoms with Gasteiger partial charge in [0.1, 0.15) is 5.75 Å². The molecule has 1 aromatic heterocycles. The summed E-state index contributed by atoms with van der Waals surface area (Å²) in [4.78, 5) is 28.5. The van der Waals surface area contributed by atoms with Crippen LogP contribution in [0.5, 0.6) is 5.75 Å². The molecule has 6 nitrogen and oxygen atoms in total. The fourth-order valence-corrected chi connectivity index (χ4v) is 1.72. The maximum Gasteiger partial charge on any atom is 0.258 e. The van der Waals surface area contributed by atoms with E-state index in [9.17, 15) is 14.7 Å². The summed E-state index contributed by atoms with van der Waals surface area (Å²) in [5.41, 5.74) is 0.176. The highest BCUT2D eigenvalue weighted by molar-refractivity contribution is 5.98. The average molecular weight is 235 g/mol. The van der Waals surface area contributed by atoms with E-state index in [1.807, 2.05) is 0 Å². The highest BCUT2D eigenvalue weighted by Gasteiger charge is 2.22. The lowest BCUT2D eigenvalue weighted by Gasteiger charge is -2.19. The second-order valence-corrected chi connectivity index (χ2v) is 3.82. The van der Waals surface area contributed by atoms with Crippen LogP contribution >= 0.6 is 0 Å². The molecule has 1 fully saturated rings. The minimum atomic E-state index is -0.345. The average Bonchev–Trinajstić information content (AvgIpc) is 2.54. The maximum atomic E-state index is 12.1. The predicted molar refractivity (Wildman–Crippen MR) is 59.4 cm³/mol. The lowest BCUT2D eigenvalue weighted by atomic mass is 10.2. The Balaban J connectivity index is 2.19. The van der Waals surface area contributed by atoms with Gasteiger partial charge >= 0.3 is 0 Å². The molecule has 6 heteroatoms. The summed E-state index contributed by atoms with van der Waals surface area (Å²) in [7, 11) is 0. The van der Waals surface area contributed by atoms with Gasteiger partial charge < -0.3 is 15.3 Å². The van der Waals surface area contributed by atoms with Crippen LogP contribution in [0.25, 0.3) is 0 Å². The van der Waals surface area contributed by atoms with Crippen LogP contribution in [0.3, 0.4) is 0 Å². The molecular formula is C11H13N3O3. The number of amides is 2. The molecule has 1 aromatic rings. The molecule has 2 amide bonds. The van der Waals surface area contributed by atoms with Crippen molar-refractivity contribution in [2.75, 3.05) is 19.6 Å². The van der Waals surface area contributed by atoms with Crippen LogP contribution in [0, 0.1) is 0 Å². The number of pyridine rings is 1. The van der Waals surface area contributed by atoms with Gasteiger partial charge in [-0.1, -0.05) is 0 Å². The molecule has 17 heavy (non-hydrogen) atoms. The third kappa shape index (κ3) is 2.52. The second-order valence-electron chi connectivity index (χ2n) is 3.82. The zero-order valence-corrected chi connectivity index (χ0v) is 9.22. The van der Waals surface area contributed by atoms with Crippen molar-refractivity contribution in [3.05, 3.63) is 24.0 Å². The highest BCUT2D eigenvalue weighted by atomic mass is 16.3. The molecule has 0 radical (unpaired) electrons. The Morgan fingerprint density at radius 2 is 2.35 bits per heavy atom. The number of rotatable bonds is 1. The lowest BCUT2D eigenvalue weighted by molar-refractivity contribution is -0.121. The summed E-state index contributed by atoms with van der Waals surface area (Å²) < 4.78 is 0. The van der Waals surface area contributed by atoms with Crippen LogP contribution in [0.4, 0.5) is 0 Å². The van der Waals surface area contributed by atoms with Crippen molar-refractivity contribution >= 4 is 11.8 Å². The van der Waals surface area contributed by atoms with E-state index in [1.165, 1.54) is 23.4 Å². The highest BCUT2D eigenvalue weighted by Crippen LogP contribution is 2.16. The third-order valence-corrected chi connectivity index (χ3v) is 2.58. The molecule has 0 atom stereocenters. The van der Waals surface area contributed by atoms with Gasteiger partial charge in [-0.2, -0.15) is 0 Å². The zero-order chi connectivity index (χ0) is 12.3. The Hall–Kier alpha value is -2.11. The molecule has 0 aromatic carbocycles. The van der Waals surface area contributed by atoms with E-state index in [4.69, 9.17) is 0 Å². The number of carbonyl (C=O) groups excluding carboxylic acids is 2. The molecule has 1 saturated heterocycles. The van der Waals surface area contributed by atoms with Crippen LogP contribution in [-0.2, 0) is 4.79 Å². The molecule has 90 valence electrons. The second kappa shape index (κ2) is 4.82. The molecule has 0 unspecified atom stereocenters. The molecule has 0 bridgehead atoms.